The smallest absolute Gasteiger partial charge is 0.293 e. The Balaban J connectivity index is 3.19. The van der Waals surface area contributed by atoms with Gasteiger partial charge in [-0.2, -0.15) is 0 Å². The minimum atomic E-state index is -0.405. The Bertz CT molecular complexity index is 510. The summed E-state index contributed by atoms with van der Waals surface area (Å²) < 4.78 is 0. The van der Waals surface area contributed by atoms with Crippen molar-refractivity contribution in [1.82, 2.24) is 0 Å². The molecule has 0 aliphatic carbocycles. The highest BCUT2D eigenvalue weighted by molar-refractivity contribution is 5.95. The Morgan fingerprint density at radius 2 is 1.90 bits per heavy atom. The summed E-state index contributed by atoms with van der Waals surface area (Å²) in [6, 6.07) is 4.74. The van der Waals surface area contributed by atoms with Crippen LogP contribution in [0.3, 0.4) is 0 Å². The normalized spacial score (nSPS) is 10.7. The lowest BCUT2D eigenvalue weighted by Crippen LogP contribution is -2.29. The maximum atomic E-state index is 11.4. The standard InChI is InChI=1S/C16H24N2O3/c1-5-13(6-2)11-17(7-3)15-9-8-14(12(4)19)10-16(15)18(20)21/h8-10,13H,5-7,11H2,1-4H3. The molecule has 5 heteroatoms. The van der Waals surface area contributed by atoms with Crippen molar-refractivity contribution < 1.29 is 9.72 Å². The van der Waals surface area contributed by atoms with Crippen molar-refractivity contribution in [2.24, 2.45) is 5.92 Å². The number of nitro benzene ring substituents is 1. The first kappa shape index (κ1) is 17.1. The molecule has 0 spiro atoms. The summed E-state index contributed by atoms with van der Waals surface area (Å²) in [6.07, 6.45) is 2.10. The molecule has 1 aromatic rings. The molecule has 0 heterocycles. The van der Waals surface area contributed by atoms with Gasteiger partial charge in [0.2, 0.25) is 0 Å². The fourth-order valence-electron chi connectivity index (χ4n) is 2.41. The van der Waals surface area contributed by atoms with Gasteiger partial charge in [-0.15, -0.1) is 0 Å². The topological polar surface area (TPSA) is 63.5 Å². The summed E-state index contributed by atoms with van der Waals surface area (Å²) in [5.74, 6) is 0.352. The van der Waals surface area contributed by atoms with Crippen LogP contribution in [0.25, 0.3) is 0 Å². The van der Waals surface area contributed by atoms with Gasteiger partial charge in [0.1, 0.15) is 5.69 Å². The lowest BCUT2D eigenvalue weighted by atomic mass is 10.0. The zero-order chi connectivity index (χ0) is 16.0. The molecule has 1 rings (SSSR count). The molecule has 0 aliphatic heterocycles. The molecular formula is C16H24N2O3. The predicted molar refractivity (Wildman–Crippen MR) is 85.1 cm³/mol. The third-order valence-corrected chi connectivity index (χ3v) is 3.93. The molecular weight excluding hydrogens is 268 g/mol. The van der Waals surface area contributed by atoms with E-state index in [-0.39, 0.29) is 11.5 Å². The third-order valence-electron chi connectivity index (χ3n) is 3.93. The van der Waals surface area contributed by atoms with Crippen molar-refractivity contribution in [3.05, 3.63) is 33.9 Å². The molecule has 0 N–H and O–H groups in total. The van der Waals surface area contributed by atoms with Crippen LogP contribution in [-0.4, -0.2) is 23.8 Å². The number of carbonyl (C=O) groups excluding carboxylic acids is 1. The molecule has 0 amide bonds. The monoisotopic (exact) mass is 292 g/mol. The molecule has 0 aliphatic rings. The summed E-state index contributed by atoms with van der Waals surface area (Å²) in [6.45, 7) is 9.18. The molecule has 0 fully saturated rings. The number of hydrogen-bond donors (Lipinski definition) is 0. The lowest BCUT2D eigenvalue weighted by Gasteiger charge is -2.27. The van der Waals surface area contributed by atoms with E-state index in [9.17, 15) is 14.9 Å². The zero-order valence-corrected chi connectivity index (χ0v) is 13.3. The van der Waals surface area contributed by atoms with E-state index in [1.165, 1.54) is 13.0 Å². The average Bonchev–Trinajstić information content (AvgIpc) is 2.48. The zero-order valence-electron chi connectivity index (χ0n) is 13.3. The van der Waals surface area contributed by atoms with Gasteiger partial charge in [-0.25, -0.2) is 0 Å². The number of ketones is 1. The van der Waals surface area contributed by atoms with Gasteiger partial charge in [-0.3, -0.25) is 14.9 Å². The van der Waals surface area contributed by atoms with Crippen LogP contribution in [0, 0.1) is 16.0 Å². The average molecular weight is 292 g/mol. The molecule has 0 bridgehead atoms. The second-order valence-electron chi connectivity index (χ2n) is 5.24. The summed E-state index contributed by atoms with van der Waals surface area (Å²) in [4.78, 5) is 24.3. The van der Waals surface area contributed by atoms with Gasteiger partial charge in [-0.05, 0) is 31.9 Å². The maximum absolute atomic E-state index is 11.4. The Hall–Kier alpha value is -1.91. The SMILES string of the molecule is CCC(CC)CN(CC)c1ccc(C(C)=O)cc1[N+](=O)[O-]. The number of nitro groups is 1. The van der Waals surface area contributed by atoms with Gasteiger partial charge in [-0.1, -0.05) is 26.7 Å². The Labute approximate surface area is 126 Å². The summed E-state index contributed by atoms with van der Waals surface area (Å²) in [5, 5.41) is 11.3. The van der Waals surface area contributed by atoms with Crippen LogP contribution in [0.5, 0.6) is 0 Å². The minimum absolute atomic E-state index is 0.00973. The first-order valence-corrected chi connectivity index (χ1v) is 7.48. The third kappa shape index (κ3) is 4.28. The van der Waals surface area contributed by atoms with Crippen LogP contribution in [-0.2, 0) is 0 Å². The van der Waals surface area contributed by atoms with E-state index < -0.39 is 4.92 Å². The molecule has 0 saturated carbocycles. The van der Waals surface area contributed by atoms with E-state index in [4.69, 9.17) is 0 Å². The van der Waals surface area contributed by atoms with Gasteiger partial charge in [0.05, 0.1) is 4.92 Å². The van der Waals surface area contributed by atoms with Gasteiger partial charge in [0.25, 0.3) is 5.69 Å². The van der Waals surface area contributed by atoms with Crippen LogP contribution >= 0.6 is 0 Å². The lowest BCUT2D eigenvalue weighted by molar-refractivity contribution is -0.384. The van der Waals surface area contributed by atoms with Crippen LogP contribution in [0.15, 0.2) is 18.2 Å². The first-order valence-electron chi connectivity index (χ1n) is 7.48. The Morgan fingerprint density at radius 1 is 1.29 bits per heavy atom. The van der Waals surface area contributed by atoms with E-state index in [1.807, 2.05) is 11.8 Å². The highest BCUT2D eigenvalue weighted by Gasteiger charge is 2.21. The van der Waals surface area contributed by atoms with Crippen molar-refractivity contribution in [2.45, 2.75) is 40.5 Å². The largest absolute Gasteiger partial charge is 0.366 e. The second kappa shape index (κ2) is 7.76. The molecule has 0 aromatic heterocycles. The minimum Gasteiger partial charge on any atom is -0.366 e. The number of Topliss-reactive ketones (excluding diaryl/α,β-unsaturated/α-hetero) is 1. The highest BCUT2D eigenvalue weighted by Crippen LogP contribution is 2.30. The van der Waals surface area contributed by atoms with E-state index in [0.29, 0.717) is 23.7 Å². The molecule has 21 heavy (non-hydrogen) atoms. The number of anilines is 1. The summed E-state index contributed by atoms with van der Waals surface area (Å²) in [5.41, 5.74) is 0.985. The molecule has 0 atom stereocenters. The number of carbonyl (C=O) groups is 1. The molecule has 0 radical (unpaired) electrons. The second-order valence-corrected chi connectivity index (χ2v) is 5.24. The Morgan fingerprint density at radius 3 is 2.33 bits per heavy atom. The molecule has 116 valence electrons. The van der Waals surface area contributed by atoms with Gasteiger partial charge >= 0.3 is 0 Å². The number of nitrogens with zero attached hydrogens (tertiary/aromatic N) is 2. The van der Waals surface area contributed by atoms with Crippen molar-refractivity contribution in [1.29, 1.82) is 0 Å². The molecule has 5 nitrogen and oxygen atoms in total. The highest BCUT2D eigenvalue weighted by atomic mass is 16.6. The van der Waals surface area contributed by atoms with Crippen molar-refractivity contribution in [3.63, 3.8) is 0 Å². The van der Waals surface area contributed by atoms with Crippen LogP contribution < -0.4 is 4.90 Å². The predicted octanol–water partition coefficient (Wildman–Crippen LogP) is 4.06. The van der Waals surface area contributed by atoms with Crippen LogP contribution in [0.2, 0.25) is 0 Å². The van der Waals surface area contributed by atoms with Crippen molar-refractivity contribution in [3.8, 4) is 0 Å². The number of rotatable bonds is 8. The van der Waals surface area contributed by atoms with Crippen LogP contribution in [0.4, 0.5) is 11.4 Å². The fourth-order valence-corrected chi connectivity index (χ4v) is 2.41. The van der Waals surface area contributed by atoms with Gasteiger partial charge in [0, 0.05) is 24.7 Å². The van der Waals surface area contributed by atoms with Crippen molar-refractivity contribution >= 4 is 17.2 Å². The molecule has 1 aromatic carbocycles. The van der Waals surface area contributed by atoms with Gasteiger partial charge < -0.3 is 4.90 Å². The fraction of sp³-hybridized carbons (Fsp3) is 0.562. The maximum Gasteiger partial charge on any atom is 0.293 e. The molecule has 0 unspecified atom stereocenters. The van der Waals surface area contributed by atoms with E-state index in [1.54, 1.807) is 12.1 Å². The summed E-state index contributed by atoms with van der Waals surface area (Å²) in [7, 11) is 0. The van der Waals surface area contributed by atoms with E-state index in [2.05, 4.69) is 13.8 Å². The van der Waals surface area contributed by atoms with Gasteiger partial charge in [0.15, 0.2) is 5.78 Å². The van der Waals surface area contributed by atoms with E-state index in [0.717, 1.165) is 19.4 Å². The summed E-state index contributed by atoms with van der Waals surface area (Å²) >= 11 is 0. The number of benzene rings is 1. The first-order chi connectivity index (χ1) is 9.94. The number of hydrogen-bond acceptors (Lipinski definition) is 4. The molecule has 0 saturated heterocycles. The van der Waals surface area contributed by atoms with E-state index >= 15 is 0 Å². The van der Waals surface area contributed by atoms with Crippen molar-refractivity contribution in [2.75, 3.05) is 18.0 Å². The Kier molecular flexibility index (Phi) is 6.34. The van der Waals surface area contributed by atoms with Crippen LogP contribution in [0.1, 0.15) is 50.9 Å². The quantitative estimate of drug-likeness (QED) is 0.412.